The average Bonchev–Trinajstić information content (AvgIpc) is 3.31. The highest BCUT2D eigenvalue weighted by Gasteiger charge is 2.81. The Balaban J connectivity index is 1.50. The number of ether oxygens (including phenoxy) is 3. The van der Waals surface area contributed by atoms with Gasteiger partial charge in [0.15, 0.2) is 0 Å². The SMILES string of the molecule is COC(=O)C1=C2C3(O)CC4CC5C3CCC(C)N5C24C2CCC(O)C(OC)C2C1C(=O)Oc1ccccc1. The zero-order valence-corrected chi connectivity index (χ0v) is 22.2. The smallest absolute Gasteiger partial charge is 0.334 e. The highest BCUT2D eigenvalue weighted by molar-refractivity contribution is 5.99. The standard InChI is InChI=1S/C30H37NO7/c1-15-9-10-18-20-13-16-14-29(18,35)26-24(27(33)37-3)23(28(34)38-17-7-5-4-6-8-17)22-19(30(16,26)31(15)20)11-12-21(32)25(22)36-2/h4-8,15-16,18-23,25,32,35H,9-14H2,1-3H3. The van der Waals surface area contributed by atoms with E-state index in [4.69, 9.17) is 14.2 Å². The first-order valence-corrected chi connectivity index (χ1v) is 14.1. The topological polar surface area (TPSA) is 106 Å². The summed E-state index contributed by atoms with van der Waals surface area (Å²) in [6, 6.07) is 9.38. The van der Waals surface area contributed by atoms with Crippen molar-refractivity contribution < 1.29 is 34.0 Å². The van der Waals surface area contributed by atoms with E-state index in [0.29, 0.717) is 31.1 Å². The third-order valence-corrected chi connectivity index (χ3v) is 11.2. The minimum atomic E-state index is -1.15. The molecule has 38 heavy (non-hydrogen) atoms. The fourth-order valence-corrected chi connectivity index (χ4v) is 10.4. The maximum atomic E-state index is 14.1. The Bertz CT molecular complexity index is 1200. The number of hydrogen-bond donors (Lipinski definition) is 2. The molecule has 3 heterocycles. The number of hydrogen-bond acceptors (Lipinski definition) is 8. The van der Waals surface area contributed by atoms with Crippen LogP contribution in [0.2, 0.25) is 0 Å². The van der Waals surface area contributed by atoms with Crippen molar-refractivity contribution >= 4 is 11.9 Å². The molecule has 6 aliphatic rings. The van der Waals surface area contributed by atoms with Gasteiger partial charge in [-0.3, -0.25) is 9.69 Å². The molecule has 12 atom stereocenters. The monoisotopic (exact) mass is 523 g/mol. The Morgan fingerprint density at radius 3 is 2.50 bits per heavy atom. The number of aliphatic hydroxyl groups excluding tert-OH is 1. The van der Waals surface area contributed by atoms with Crippen molar-refractivity contribution in [1.29, 1.82) is 0 Å². The molecular formula is C30H37NO7. The van der Waals surface area contributed by atoms with Crippen LogP contribution in [0.25, 0.3) is 0 Å². The molecule has 7 rings (SSSR count). The van der Waals surface area contributed by atoms with Crippen LogP contribution in [0.15, 0.2) is 41.5 Å². The molecule has 3 saturated heterocycles. The number of nitrogens with zero attached hydrogens (tertiary/aromatic N) is 1. The van der Waals surface area contributed by atoms with E-state index in [9.17, 15) is 19.8 Å². The summed E-state index contributed by atoms with van der Waals surface area (Å²) in [7, 11) is 2.89. The van der Waals surface area contributed by atoms with Gasteiger partial charge in [0.25, 0.3) is 0 Å². The second kappa shape index (κ2) is 8.37. The number of methoxy groups -OCH3 is 2. The third kappa shape index (κ3) is 2.85. The summed E-state index contributed by atoms with van der Waals surface area (Å²) in [5, 5.41) is 23.7. The summed E-state index contributed by atoms with van der Waals surface area (Å²) in [6.07, 6.45) is 3.28. The number of rotatable bonds is 4. The van der Waals surface area contributed by atoms with Crippen molar-refractivity contribution in [2.45, 2.75) is 80.9 Å². The predicted octanol–water partition coefficient (Wildman–Crippen LogP) is 2.47. The molecule has 204 valence electrons. The van der Waals surface area contributed by atoms with Crippen LogP contribution in [0, 0.1) is 29.6 Å². The molecule has 0 aromatic heterocycles. The molecule has 3 aliphatic heterocycles. The van der Waals surface area contributed by atoms with E-state index in [1.165, 1.54) is 7.11 Å². The number of esters is 2. The summed E-state index contributed by atoms with van der Waals surface area (Å²) >= 11 is 0. The Labute approximate surface area is 222 Å². The molecule has 5 bridgehead atoms. The van der Waals surface area contributed by atoms with Gasteiger partial charge >= 0.3 is 11.9 Å². The summed E-state index contributed by atoms with van der Waals surface area (Å²) in [5.41, 5.74) is -0.748. The number of carbonyl (C=O) groups excluding carboxylic acids is 2. The van der Waals surface area contributed by atoms with Crippen LogP contribution in [0.1, 0.15) is 45.4 Å². The van der Waals surface area contributed by atoms with Crippen molar-refractivity contribution in [3.05, 3.63) is 41.5 Å². The lowest BCUT2D eigenvalue weighted by molar-refractivity contribution is -0.179. The van der Waals surface area contributed by atoms with E-state index < -0.39 is 47.1 Å². The van der Waals surface area contributed by atoms with E-state index in [0.717, 1.165) is 24.8 Å². The molecule has 2 N–H and O–H groups in total. The minimum Gasteiger partial charge on any atom is -0.466 e. The van der Waals surface area contributed by atoms with Crippen molar-refractivity contribution in [1.82, 2.24) is 4.90 Å². The molecule has 1 spiro atoms. The van der Waals surface area contributed by atoms with Gasteiger partial charge in [0.2, 0.25) is 0 Å². The summed E-state index contributed by atoms with van der Waals surface area (Å²) in [4.78, 5) is 30.6. The number of para-hydroxylation sites is 1. The number of carbonyl (C=O) groups is 2. The highest BCUT2D eigenvalue weighted by atomic mass is 16.5. The van der Waals surface area contributed by atoms with Gasteiger partial charge in [-0.05, 0) is 75.0 Å². The van der Waals surface area contributed by atoms with Crippen molar-refractivity contribution in [3.63, 3.8) is 0 Å². The van der Waals surface area contributed by atoms with Crippen LogP contribution in [0.5, 0.6) is 5.75 Å². The van der Waals surface area contributed by atoms with Crippen LogP contribution in [0.3, 0.4) is 0 Å². The van der Waals surface area contributed by atoms with E-state index in [1.54, 1.807) is 31.4 Å². The molecule has 8 nitrogen and oxygen atoms in total. The highest BCUT2D eigenvalue weighted by Crippen LogP contribution is 2.75. The number of piperidine rings is 2. The molecular weight excluding hydrogens is 486 g/mol. The molecule has 0 radical (unpaired) electrons. The summed E-state index contributed by atoms with van der Waals surface area (Å²) in [5.74, 6) is -2.17. The summed E-state index contributed by atoms with van der Waals surface area (Å²) < 4.78 is 17.2. The Morgan fingerprint density at radius 1 is 1.05 bits per heavy atom. The van der Waals surface area contributed by atoms with Crippen molar-refractivity contribution in [2.24, 2.45) is 29.6 Å². The van der Waals surface area contributed by atoms with E-state index in [-0.39, 0.29) is 29.4 Å². The molecule has 1 aromatic carbocycles. The first-order valence-electron chi connectivity index (χ1n) is 14.1. The van der Waals surface area contributed by atoms with Gasteiger partial charge in [-0.25, -0.2) is 4.79 Å². The molecule has 0 amide bonds. The fraction of sp³-hybridized carbons (Fsp3) is 0.667. The van der Waals surface area contributed by atoms with Gasteiger partial charge in [-0.15, -0.1) is 0 Å². The maximum Gasteiger partial charge on any atom is 0.334 e. The zero-order chi connectivity index (χ0) is 26.6. The molecule has 12 unspecified atom stereocenters. The van der Waals surface area contributed by atoms with Crippen molar-refractivity contribution in [3.8, 4) is 5.75 Å². The quantitative estimate of drug-likeness (QED) is 0.458. The Hall–Kier alpha value is -2.26. The maximum absolute atomic E-state index is 14.1. The number of aliphatic hydroxyl groups is 2. The fourth-order valence-electron chi connectivity index (χ4n) is 10.4. The minimum absolute atomic E-state index is 0.0231. The molecule has 1 aromatic rings. The molecule has 5 fully saturated rings. The van der Waals surface area contributed by atoms with E-state index in [1.807, 2.05) is 6.07 Å². The predicted molar refractivity (Wildman–Crippen MR) is 136 cm³/mol. The average molecular weight is 524 g/mol. The third-order valence-electron chi connectivity index (χ3n) is 11.2. The van der Waals surface area contributed by atoms with Crippen LogP contribution in [-0.2, 0) is 19.1 Å². The zero-order valence-electron chi connectivity index (χ0n) is 22.2. The summed E-state index contributed by atoms with van der Waals surface area (Å²) in [6.45, 7) is 2.26. The second-order valence-electron chi connectivity index (χ2n) is 12.4. The van der Waals surface area contributed by atoms with Gasteiger partial charge in [-0.1, -0.05) is 18.2 Å². The van der Waals surface area contributed by atoms with Crippen LogP contribution in [-0.4, -0.2) is 76.7 Å². The van der Waals surface area contributed by atoms with E-state index >= 15 is 0 Å². The Morgan fingerprint density at radius 2 is 1.79 bits per heavy atom. The molecule has 8 heteroatoms. The van der Waals surface area contributed by atoms with Crippen LogP contribution < -0.4 is 4.74 Å². The lowest BCUT2D eigenvalue weighted by atomic mass is 9.50. The van der Waals surface area contributed by atoms with Gasteiger partial charge in [0.05, 0.1) is 41.9 Å². The Kier molecular flexibility index (Phi) is 5.45. The van der Waals surface area contributed by atoms with Crippen molar-refractivity contribution in [2.75, 3.05) is 14.2 Å². The van der Waals surface area contributed by atoms with Gasteiger partial charge < -0.3 is 24.4 Å². The normalized spacial score (nSPS) is 47.9. The number of fused-ring (bicyclic) bond motifs is 2. The van der Waals surface area contributed by atoms with Gasteiger partial charge in [0, 0.05) is 31.0 Å². The van der Waals surface area contributed by atoms with Crippen LogP contribution >= 0.6 is 0 Å². The molecule has 3 aliphatic carbocycles. The second-order valence-corrected chi connectivity index (χ2v) is 12.4. The largest absolute Gasteiger partial charge is 0.466 e. The van der Waals surface area contributed by atoms with Crippen LogP contribution in [0.4, 0.5) is 0 Å². The number of benzene rings is 1. The molecule has 2 saturated carbocycles. The lowest BCUT2D eigenvalue weighted by Crippen LogP contribution is -2.73. The lowest BCUT2D eigenvalue weighted by Gasteiger charge is -2.65. The van der Waals surface area contributed by atoms with Gasteiger partial charge in [-0.2, -0.15) is 0 Å². The van der Waals surface area contributed by atoms with E-state index in [2.05, 4.69) is 11.8 Å². The first kappa shape index (κ1) is 24.8. The van der Waals surface area contributed by atoms with Gasteiger partial charge in [0.1, 0.15) is 5.75 Å². The first-order chi connectivity index (χ1) is 18.3.